The van der Waals surface area contributed by atoms with Gasteiger partial charge in [-0.05, 0) is 81.6 Å². The molecule has 0 aliphatic heterocycles. The van der Waals surface area contributed by atoms with Crippen LogP contribution in [0.25, 0.3) is 5.69 Å². The van der Waals surface area contributed by atoms with Crippen molar-refractivity contribution in [1.29, 1.82) is 0 Å². The number of ether oxygens (including phenoxy) is 1. The number of hydrogen-bond acceptors (Lipinski definition) is 4. The molecule has 192 valence electrons. The van der Waals surface area contributed by atoms with E-state index in [1.807, 2.05) is 94.4 Å². The standard InChI is InChI=1S/C30H34N4O3/c1-22-20-28(35)32-34(22)27-16-14-26(15-17-27)31-25-12-10-23(11-13-25)18-19-33(29(36)37-30(2,3)4)21-24-8-6-5-7-9-24/h5-17,20,31H,18-19,21H2,1-4H3,(H,32,35). The molecule has 0 radical (unpaired) electrons. The summed E-state index contributed by atoms with van der Waals surface area (Å²) in [4.78, 5) is 26.2. The van der Waals surface area contributed by atoms with Crippen LogP contribution in [0, 0.1) is 6.92 Å². The largest absolute Gasteiger partial charge is 0.444 e. The van der Waals surface area contributed by atoms with E-state index in [0.717, 1.165) is 40.3 Å². The van der Waals surface area contributed by atoms with Crippen LogP contribution >= 0.6 is 0 Å². The maximum absolute atomic E-state index is 12.9. The number of benzene rings is 3. The zero-order chi connectivity index (χ0) is 26.4. The third-order valence-corrected chi connectivity index (χ3v) is 5.82. The number of amides is 1. The first-order valence-electron chi connectivity index (χ1n) is 12.4. The number of H-pyrrole nitrogens is 1. The summed E-state index contributed by atoms with van der Waals surface area (Å²) in [6.45, 7) is 8.59. The van der Waals surface area contributed by atoms with Crippen LogP contribution in [0.4, 0.5) is 16.2 Å². The lowest BCUT2D eigenvalue weighted by Gasteiger charge is -2.27. The van der Waals surface area contributed by atoms with E-state index in [4.69, 9.17) is 4.74 Å². The molecule has 37 heavy (non-hydrogen) atoms. The van der Waals surface area contributed by atoms with E-state index >= 15 is 0 Å². The molecular formula is C30H34N4O3. The molecular weight excluding hydrogens is 464 g/mol. The average molecular weight is 499 g/mol. The summed E-state index contributed by atoms with van der Waals surface area (Å²) in [6, 6.07) is 27.6. The molecule has 0 aliphatic carbocycles. The molecule has 0 bridgehead atoms. The Kier molecular flexibility index (Phi) is 7.82. The smallest absolute Gasteiger partial charge is 0.410 e. The summed E-state index contributed by atoms with van der Waals surface area (Å²) in [5, 5.41) is 6.20. The number of nitrogens with zero attached hydrogens (tertiary/aromatic N) is 2. The van der Waals surface area contributed by atoms with Gasteiger partial charge in [-0.3, -0.25) is 14.6 Å². The van der Waals surface area contributed by atoms with Crippen LogP contribution in [0.2, 0.25) is 0 Å². The Morgan fingerprint density at radius 2 is 1.54 bits per heavy atom. The second-order valence-electron chi connectivity index (χ2n) is 10.1. The zero-order valence-electron chi connectivity index (χ0n) is 21.8. The summed E-state index contributed by atoms with van der Waals surface area (Å²) >= 11 is 0. The topological polar surface area (TPSA) is 79.4 Å². The number of aryl methyl sites for hydroxylation is 1. The van der Waals surface area contributed by atoms with E-state index < -0.39 is 5.60 Å². The Hall–Kier alpha value is -4.26. The highest BCUT2D eigenvalue weighted by atomic mass is 16.6. The highest BCUT2D eigenvalue weighted by molar-refractivity contribution is 5.68. The van der Waals surface area contributed by atoms with Crippen molar-refractivity contribution in [3.63, 3.8) is 0 Å². The van der Waals surface area contributed by atoms with Crippen molar-refractivity contribution in [3.8, 4) is 5.69 Å². The molecule has 4 rings (SSSR count). The van der Waals surface area contributed by atoms with Gasteiger partial charge in [0.25, 0.3) is 5.56 Å². The molecule has 0 saturated heterocycles. The van der Waals surface area contributed by atoms with Gasteiger partial charge in [-0.25, -0.2) is 4.79 Å². The molecule has 1 amide bonds. The lowest BCUT2D eigenvalue weighted by molar-refractivity contribution is 0.0236. The minimum Gasteiger partial charge on any atom is -0.444 e. The number of hydrogen-bond donors (Lipinski definition) is 2. The van der Waals surface area contributed by atoms with Crippen LogP contribution in [0.5, 0.6) is 0 Å². The van der Waals surface area contributed by atoms with Crippen molar-refractivity contribution in [2.45, 2.75) is 46.3 Å². The molecule has 1 aromatic heterocycles. The van der Waals surface area contributed by atoms with Gasteiger partial charge in [-0.15, -0.1) is 0 Å². The SMILES string of the molecule is Cc1cc(=O)[nH]n1-c1ccc(Nc2ccc(CCN(Cc3ccccc3)C(=O)OC(C)(C)C)cc2)cc1. The van der Waals surface area contributed by atoms with E-state index in [-0.39, 0.29) is 11.7 Å². The first kappa shape index (κ1) is 25.8. The number of anilines is 2. The minimum absolute atomic E-state index is 0.117. The molecule has 7 heteroatoms. The van der Waals surface area contributed by atoms with Gasteiger partial charge >= 0.3 is 6.09 Å². The summed E-state index contributed by atoms with van der Waals surface area (Å²) in [6.07, 6.45) is 0.410. The fourth-order valence-corrected chi connectivity index (χ4v) is 4.00. The van der Waals surface area contributed by atoms with Gasteiger partial charge in [0.05, 0.1) is 5.69 Å². The summed E-state index contributed by atoms with van der Waals surface area (Å²) in [7, 11) is 0. The van der Waals surface area contributed by atoms with Crippen molar-refractivity contribution >= 4 is 17.5 Å². The van der Waals surface area contributed by atoms with E-state index in [9.17, 15) is 9.59 Å². The predicted molar refractivity (Wildman–Crippen MR) is 148 cm³/mol. The highest BCUT2D eigenvalue weighted by Gasteiger charge is 2.22. The van der Waals surface area contributed by atoms with Crippen molar-refractivity contribution in [1.82, 2.24) is 14.7 Å². The second-order valence-corrected chi connectivity index (χ2v) is 10.1. The third-order valence-electron chi connectivity index (χ3n) is 5.82. The minimum atomic E-state index is -0.546. The Bertz CT molecular complexity index is 1370. The molecule has 0 aliphatic rings. The highest BCUT2D eigenvalue weighted by Crippen LogP contribution is 2.20. The maximum atomic E-state index is 12.9. The number of rotatable bonds is 8. The Morgan fingerprint density at radius 1 is 0.919 bits per heavy atom. The number of nitrogens with one attached hydrogen (secondary N) is 2. The van der Waals surface area contributed by atoms with Crippen LogP contribution in [0.1, 0.15) is 37.6 Å². The third kappa shape index (κ3) is 7.36. The molecule has 3 aromatic carbocycles. The zero-order valence-corrected chi connectivity index (χ0v) is 21.8. The first-order chi connectivity index (χ1) is 17.7. The van der Waals surface area contributed by atoms with Gasteiger partial charge in [-0.2, -0.15) is 0 Å². The summed E-state index contributed by atoms with van der Waals surface area (Å²) in [5.74, 6) is 0. The summed E-state index contributed by atoms with van der Waals surface area (Å²) < 4.78 is 7.41. The molecule has 0 atom stereocenters. The van der Waals surface area contributed by atoms with Crippen LogP contribution in [0.3, 0.4) is 0 Å². The number of carbonyl (C=O) groups excluding carboxylic acids is 1. The molecule has 0 spiro atoms. The molecule has 0 saturated carbocycles. The van der Waals surface area contributed by atoms with Crippen molar-refractivity contribution < 1.29 is 9.53 Å². The molecule has 0 fully saturated rings. The lowest BCUT2D eigenvalue weighted by Crippen LogP contribution is -2.37. The Labute approximate surface area is 217 Å². The van der Waals surface area contributed by atoms with E-state index in [1.54, 1.807) is 15.6 Å². The number of carbonyl (C=O) groups is 1. The van der Waals surface area contributed by atoms with Crippen molar-refractivity contribution in [3.05, 3.63) is 112 Å². The van der Waals surface area contributed by atoms with Gasteiger partial charge in [0.15, 0.2) is 0 Å². The Morgan fingerprint density at radius 3 is 2.11 bits per heavy atom. The summed E-state index contributed by atoms with van der Waals surface area (Å²) in [5.41, 5.74) is 5.20. The van der Waals surface area contributed by atoms with Crippen LogP contribution in [-0.4, -0.2) is 32.9 Å². The van der Waals surface area contributed by atoms with Crippen LogP contribution in [0.15, 0.2) is 89.7 Å². The van der Waals surface area contributed by atoms with Gasteiger partial charge in [0.1, 0.15) is 5.60 Å². The fourth-order valence-electron chi connectivity index (χ4n) is 4.00. The second kappa shape index (κ2) is 11.2. The van der Waals surface area contributed by atoms with E-state index in [2.05, 4.69) is 22.5 Å². The predicted octanol–water partition coefficient (Wildman–Crippen LogP) is 6.20. The van der Waals surface area contributed by atoms with Gasteiger partial charge in [0, 0.05) is 36.2 Å². The monoisotopic (exact) mass is 498 g/mol. The number of aromatic amines is 1. The molecule has 4 aromatic rings. The molecule has 7 nitrogen and oxygen atoms in total. The van der Waals surface area contributed by atoms with Gasteiger partial charge < -0.3 is 15.0 Å². The Balaban J connectivity index is 1.37. The van der Waals surface area contributed by atoms with E-state index in [1.165, 1.54) is 0 Å². The normalized spacial score (nSPS) is 11.2. The number of aromatic nitrogens is 2. The average Bonchev–Trinajstić information content (AvgIpc) is 3.20. The van der Waals surface area contributed by atoms with E-state index in [0.29, 0.717) is 13.1 Å². The maximum Gasteiger partial charge on any atom is 0.410 e. The van der Waals surface area contributed by atoms with Crippen molar-refractivity contribution in [2.75, 3.05) is 11.9 Å². The first-order valence-corrected chi connectivity index (χ1v) is 12.4. The van der Waals surface area contributed by atoms with Crippen LogP contribution < -0.4 is 10.9 Å². The van der Waals surface area contributed by atoms with Crippen LogP contribution in [-0.2, 0) is 17.7 Å². The molecule has 1 heterocycles. The fraction of sp³-hybridized carbons (Fsp3) is 0.267. The quantitative estimate of drug-likeness (QED) is 0.303. The van der Waals surface area contributed by atoms with Crippen molar-refractivity contribution in [2.24, 2.45) is 0 Å². The van der Waals surface area contributed by atoms with Gasteiger partial charge in [-0.1, -0.05) is 42.5 Å². The molecule has 2 N–H and O–H groups in total. The van der Waals surface area contributed by atoms with Gasteiger partial charge in [0.2, 0.25) is 0 Å². The lowest BCUT2D eigenvalue weighted by atomic mass is 10.1. The molecule has 0 unspecified atom stereocenters.